The van der Waals surface area contributed by atoms with E-state index in [9.17, 15) is 9.90 Å². The summed E-state index contributed by atoms with van der Waals surface area (Å²) in [5.74, 6) is 0.00118. The minimum absolute atomic E-state index is 0.00118. The monoisotopic (exact) mass is 345 g/mol. The third-order valence-electron chi connectivity index (χ3n) is 4.36. The molecule has 1 aliphatic rings. The van der Waals surface area contributed by atoms with Gasteiger partial charge in [-0.25, -0.2) is 4.98 Å². The molecule has 1 N–H and O–H groups in total. The highest BCUT2D eigenvalue weighted by molar-refractivity contribution is 7.09. The number of hydrogen-bond acceptors (Lipinski definition) is 5. The molecule has 0 unspecified atom stereocenters. The molecular formula is C18H23N3O2S. The highest BCUT2D eigenvalue weighted by Crippen LogP contribution is 2.21. The number of aliphatic hydroxyl groups is 1. The molecule has 0 spiro atoms. The van der Waals surface area contributed by atoms with Gasteiger partial charge in [-0.3, -0.25) is 4.79 Å². The van der Waals surface area contributed by atoms with Crippen molar-refractivity contribution in [3.05, 3.63) is 45.9 Å². The average molecular weight is 345 g/mol. The first-order chi connectivity index (χ1) is 11.5. The van der Waals surface area contributed by atoms with Gasteiger partial charge in [-0.15, -0.1) is 11.3 Å². The standard InChI is InChI=1S/C18H23N3O2S/c1-13-19-15(12-24-13)11-20(2)18(23)14-3-5-16(6-4-14)21-9-7-17(22)8-10-21/h3-6,12,17,22H,7-11H2,1-2H3. The Morgan fingerprint density at radius 1 is 1.33 bits per heavy atom. The van der Waals surface area contributed by atoms with E-state index in [2.05, 4.69) is 9.88 Å². The van der Waals surface area contributed by atoms with Crippen molar-refractivity contribution in [2.75, 3.05) is 25.0 Å². The number of piperidine rings is 1. The molecule has 1 fully saturated rings. The molecular weight excluding hydrogens is 322 g/mol. The van der Waals surface area contributed by atoms with Crippen molar-refractivity contribution in [1.82, 2.24) is 9.88 Å². The Labute approximate surface area is 146 Å². The van der Waals surface area contributed by atoms with Gasteiger partial charge in [-0.2, -0.15) is 0 Å². The molecule has 0 atom stereocenters. The first-order valence-electron chi connectivity index (χ1n) is 8.22. The van der Waals surface area contributed by atoms with Crippen molar-refractivity contribution in [1.29, 1.82) is 0 Å². The van der Waals surface area contributed by atoms with Gasteiger partial charge in [-0.05, 0) is 44.0 Å². The van der Waals surface area contributed by atoms with Gasteiger partial charge in [0.15, 0.2) is 0 Å². The third-order valence-corrected chi connectivity index (χ3v) is 5.18. The van der Waals surface area contributed by atoms with Crippen LogP contribution >= 0.6 is 11.3 Å². The Kier molecular flexibility index (Phi) is 5.16. The van der Waals surface area contributed by atoms with Crippen LogP contribution < -0.4 is 4.90 Å². The molecule has 0 saturated carbocycles. The van der Waals surface area contributed by atoms with Crippen LogP contribution in [0.3, 0.4) is 0 Å². The second kappa shape index (κ2) is 7.32. The number of hydrogen-bond donors (Lipinski definition) is 1. The van der Waals surface area contributed by atoms with Gasteiger partial charge in [-0.1, -0.05) is 0 Å². The first-order valence-corrected chi connectivity index (χ1v) is 9.10. The van der Waals surface area contributed by atoms with Crippen LogP contribution in [-0.2, 0) is 6.54 Å². The van der Waals surface area contributed by atoms with Crippen LogP contribution in [0.4, 0.5) is 5.69 Å². The van der Waals surface area contributed by atoms with E-state index in [1.165, 1.54) is 0 Å². The van der Waals surface area contributed by atoms with Crippen molar-refractivity contribution in [3.8, 4) is 0 Å². The Morgan fingerprint density at radius 2 is 2.00 bits per heavy atom. The summed E-state index contributed by atoms with van der Waals surface area (Å²) in [6.07, 6.45) is 1.43. The third kappa shape index (κ3) is 3.94. The molecule has 0 aliphatic carbocycles. The zero-order chi connectivity index (χ0) is 17.1. The summed E-state index contributed by atoms with van der Waals surface area (Å²) in [4.78, 5) is 20.9. The smallest absolute Gasteiger partial charge is 0.253 e. The summed E-state index contributed by atoms with van der Waals surface area (Å²) >= 11 is 1.60. The number of aryl methyl sites for hydroxylation is 1. The summed E-state index contributed by atoms with van der Waals surface area (Å²) in [6, 6.07) is 7.74. The van der Waals surface area contributed by atoms with Gasteiger partial charge in [0.2, 0.25) is 0 Å². The number of amides is 1. The van der Waals surface area contributed by atoms with Crippen LogP contribution in [0, 0.1) is 6.92 Å². The highest BCUT2D eigenvalue weighted by Gasteiger charge is 2.18. The van der Waals surface area contributed by atoms with Crippen molar-refractivity contribution in [3.63, 3.8) is 0 Å². The van der Waals surface area contributed by atoms with Gasteiger partial charge >= 0.3 is 0 Å². The molecule has 0 radical (unpaired) electrons. The lowest BCUT2D eigenvalue weighted by molar-refractivity contribution is 0.0783. The van der Waals surface area contributed by atoms with Crippen LogP contribution in [0.1, 0.15) is 33.9 Å². The molecule has 128 valence electrons. The number of nitrogens with zero attached hydrogens (tertiary/aromatic N) is 3. The molecule has 1 amide bonds. The Balaban J connectivity index is 1.63. The van der Waals surface area contributed by atoms with Crippen LogP contribution in [0.25, 0.3) is 0 Å². The van der Waals surface area contributed by atoms with Crippen molar-refractivity contribution in [2.24, 2.45) is 0 Å². The minimum Gasteiger partial charge on any atom is -0.393 e. The molecule has 1 aromatic heterocycles. The highest BCUT2D eigenvalue weighted by atomic mass is 32.1. The largest absolute Gasteiger partial charge is 0.393 e. The minimum atomic E-state index is -0.176. The van der Waals surface area contributed by atoms with E-state index < -0.39 is 0 Å². The molecule has 2 heterocycles. The lowest BCUT2D eigenvalue weighted by Crippen LogP contribution is -2.35. The van der Waals surface area contributed by atoms with E-state index in [1.807, 2.05) is 36.6 Å². The normalized spacial score (nSPS) is 15.5. The Morgan fingerprint density at radius 3 is 2.58 bits per heavy atom. The summed E-state index contributed by atoms with van der Waals surface area (Å²) in [6.45, 7) is 4.21. The maximum absolute atomic E-state index is 12.5. The second-order valence-electron chi connectivity index (χ2n) is 6.28. The Bertz CT molecular complexity index is 691. The summed E-state index contributed by atoms with van der Waals surface area (Å²) in [5.41, 5.74) is 2.72. The van der Waals surface area contributed by atoms with Crippen LogP contribution in [0.15, 0.2) is 29.6 Å². The molecule has 1 saturated heterocycles. The number of benzene rings is 1. The summed E-state index contributed by atoms with van der Waals surface area (Å²) in [5, 5.41) is 12.6. The fraction of sp³-hybridized carbons (Fsp3) is 0.444. The van der Waals surface area contributed by atoms with E-state index >= 15 is 0 Å². The lowest BCUT2D eigenvalue weighted by atomic mass is 10.1. The number of aromatic nitrogens is 1. The maximum Gasteiger partial charge on any atom is 0.253 e. The molecule has 3 rings (SSSR count). The van der Waals surface area contributed by atoms with Gasteiger partial charge in [0, 0.05) is 36.8 Å². The molecule has 2 aromatic rings. The van der Waals surface area contributed by atoms with Crippen LogP contribution in [-0.4, -0.2) is 47.1 Å². The number of rotatable bonds is 4. The van der Waals surface area contributed by atoms with Gasteiger partial charge in [0.1, 0.15) is 0 Å². The zero-order valence-corrected chi connectivity index (χ0v) is 14.9. The zero-order valence-electron chi connectivity index (χ0n) is 14.1. The van der Waals surface area contributed by atoms with Crippen molar-refractivity contribution >= 4 is 22.9 Å². The molecule has 0 bridgehead atoms. The molecule has 1 aromatic carbocycles. The van der Waals surface area contributed by atoms with Gasteiger partial charge in [0.25, 0.3) is 5.91 Å². The first kappa shape index (κ1) is 16.9. The van der Waals surface area contributed by atoms with E-state index in [-0.39, 0.29) is 12.0 Å². The van der Waals surface area contributed by atoms with Gasteiger partial charge in [0.05, 0.1) is 23.4 Å². The van der Waals surface area contributed by atoms with E-state index in [0.29, 0.717) is 12.1 Å². The fourth-order valence-electron chi connectivity index (χ4n) is 2.95. The predicted molar refractivity (Wildman–Crippen MR) is 96.5 cm³/mol. The summed E-state index contributed by atoms with van der Waals surface area (Å²) < 4.78 is 0. The molecule has 24 heavy (non-hydrogen) atoms. The van der Waals surface area contributed by atoms with Crippen molar-refractivity contribution < 1.29 is 9.90 Å². The lowest BCUT2D eigenvalue weighted by Gasteiger charge is -2.31. The fourth-order valence-corrected chi connectivity index (χ4v) is 3.56. The maximum atomic E-state index is 12.5. The molecule has 5 nitrogen and oxygen atoms in total. The van der Waals surface area contributed by atoms with E-state index in [0.717, 1.165) is 42.3 Å². The number of aliphatic hydroxyl groups excluding tert-OH is 1. The number of thiazole rings is 1. The van der Waals surface area contributed by atoms with E-state index in [1.54, 1.807) is 23.3 Å². The molecule has 6 heteroatoms. The number of anilines is 1. The van der Waals surface area contributed by atoms with Crippen LogP contribution in [0.2, 0.25) is 0 Å². The van der Waals surface area contributed by atoms with Gasteiger partial charge < -0.3 is 14.9 Å². The topological polar surface area (TPSA) is 56.7 Å². The Hall–Kier alpha value is -1.92. The van der Waals surface area contributed by atoms with Crippen molar-refractivity contribution in [2.45, 2.75) is 32.4 Å². The second-order valence-corrected chi connectivity index (χ2v) is 7.35. The average Bonchev–Trinajstić information content (AvgIpc) is 3.00. The SMILES string of the molecule is Cc1nc(CN(C)C(=O)c2ccc(N3CCC(O)CC3)cc2)cs1. The van der Waals surface area contributed by atoms with E-state index in [4.69, 9.17) is 0 Å². The van der Waals surface area contributed by atoms with Crippen LogP contribution in [0.5, 0.6) is 0 Å². The number of carbonyl (C=O) groups is 1. The molecule has 1 aliphatic heterocycles. The summed E-state index contributed by atoms with van der Waals surface area (Å²) in [7, 11) is 1.80. The number of carbonyl (C=O) groups excluding carboxylic acids is 1. The quantitative estimate of drug-likeness (QED) is 0.926. The predicted octanol–water partition coefficient (Wildman–Crippen LogP) is 2.68.